The van der Waals surface area contributed by atoms with Crippen LogP contribution in [-0.4, -0.2) is 82.3 Å². The number of benzene rings is 2. The molecule has 1 aliphatic rings. The Hall–Kier alpha value is -2.82. The van der Waals surface area contributed by atoms with Gasteiger partial charge < -0.3 is 24.4 Å². The fraction of sp³-hybridized carbons (Fsp3) is 0.480. The number of methoxy groups -OCH3 is 1. The first-order chi connectivity index (χ1) is 16.5. The van der Waals surface area contributed by atoms with Crippen LogP contribution in [0, 0.1) is 5.92 Å². The number of fused-ring (bicyclic) bond motifs is 1. The summed E-state index contributed by atoms with van der Waals surface area (Å²) >= 11 is 0. The molecule has 0 saturated heterocycles. The molecule has 9 nitrogen and oxygen atoms in total. The molecule has 0 spiro atoms. The highest BCUT2D eigenvalue weighted by molar-refractivity contribution is 7.92. The summed E-state index contributed by atoms with van der Waals surface area (Å²) in [4.78, 5) is 17.0. The van der Waals surface area contributed by atoms with Crippen molar-refractivity contribution >= 4 is 21.6 Å². The van der Waals surface area contributed by atoms with Crippen molar-refractivity contribution in [1.82, 2.24) is 9.80 Å². The maximum absolute atomic E-state index is 13.2. The Balaban J connectivity index is 1.95. The minimum atomic E-state index is -3.85. The second-order valence-corrected chi connectivity index (χ2v) is 10.9. The van der Waals surface area contributed by atoms with Gasteiger partial charge in [0, 0.05) is 30.3 Å². The minimum absolute atomic E-state index is 0.00884. The van der Waals surface area contributed by atoms with Gasteiger partial charge in [0.15, 0.2) is 0 Å². The SMILES string of the molecule is COc1ccc(S(=O)(=O)Nc2ccc3c(c2)CC(=O)N([C@H](C)CO)C[C@@H](C)[C@@H](CN(C)C)O3)cc1. The number of sulfonamides is 1. The lowest BCUT2D eigenvalue weighted by Crippen LogP contribution is -2.47. The molecule has 35 heavy (non-hydrogen) atoms. The standard InChI is InChI=1S/C25H35N3O6S/c1-17-14-28(18(2)16-29)25(30)13-19-12-20(6-11-23(19)34-24(17)15-27(3)4)26-35(31,32)22-9-7-21(33-5)8-10-22/h6-12,17-18,24,26,29H,13-16H2,1-5H3/t17-,18-,24-/m1/s1. The molecule has 0 saturated carbocycles. The molecule has 0 aromatic heterocycles. The summed E-state index contributed by atoms with van der Waals surface area (Å²) in [5.41, 5.74) is 0.909. The summed E-state index contributed by atoms with van der Waals surface area (Å²) in [5, 5.41) is 9.73. The predicted molar refractivity (Wildman–Crippen MR) is 134 cm³/mol. The molecule has 2 aromatic carbocycles. The van der Waals surface area contributed by atoms with Gasteiger partial charge in [-0.2, -0.15) is 0 Å². The Labute approximate surface area is 207 Å². The van der Waals surface area contributed by atoms with E-state index in [1.165, 1.54) is 19.2 Å². The van der Waals surface area contributed by atoms with Crippen molar-refractivity contribution in [2.24, 2.45) is 5.92 Å². The summed E-state index contributed by atoms with van der Waals surface area (Å²) < 4.78 is 39.9. The van der Waals surface area contributed by atoms with Gasteiger partial charge in [0.05, 0.1) is 31.1 Å². The van der Waals surface area contributed by atoms with E-state index in [-0.39, 0.29) is 41.9 Å². The summed E-state index contributed by atoms with van der Waals surface area (Å²) in [6.07, 6.45) is -0.177. The van der Waals surface area contributed by atoms with Crippen LogP contribution >= 0.6 is 0 Å². The molecule has 0 bridgehead atoms. The lowest BCUT2D eigenvalue weighted by Gasteiger charge is -2.33. The van der Waals surface area contributed by atoms with Gasteiger partial charge in [-0.1, -0.05) is 6.92 Å². The Morgan fingerprint density at radius 1 is 1.23 bits per heavy atom. The molecule has 1 amide bonds. The van der Waals surface area contributed by atoms with E-state index in [0.717, 1.165) is 0 Å². The van der Waals surface area contributed by atoms with Crippen LogP contribution < -0.4 is 14.2 Å². The lowest BCUT2D eigenvalue weighted by atomic mass is 10.0. The molecule has 2 N–H and O–H groups in total. The highest BCUT2D eigenvalue weighted by Crippen LogP contribution is 2.30. The van der Waals surface area contributed by atoms with Crippen LogP contribution in [0.3, 0.4) is 0 Å². The average molecular weight is 506 g/mol. The zero-order valence-electron chi connectivity index (χ0n) is 20.9. The predicted octanol–water partition coefficient (Wildman–Crippen LogP) is 2.21. The van der Waals surface area contributed by atoms with E-state index in [1.54, 1.807) is 35.2 Å². The summed E-state index contributed by atoms with van der Waals surface area (Å²) in [6.45, 7) is 4.78. The van der Waals surface area contributed by atoms with Crippen molar-refractivity contribution in [3.8, 4) is 11.5 Å². The van der Waals surface area contributed by atoms with Gasteiger partial charge in [0.1, 0.15) is 17.6 Å². The quantitative estimate of drug-likeness (QED) is 0.566. The molecule has 192 valence electrons. The largest absolute Gasteiger partial charge is 0.497 e. The van der Waals surface area contributed by atoms with E-state index in [1.807, 2.05) is 32.8 Å². The number of carbonyl (C=O) groups excluding carboxylic acids is 1. The van der Waals surface area contributed by atoms with Gasteiger partial charge in [0.2, 0.25) is 5.91 Å². The number of nitrogens with one attached hydrogen (secondary N) is 1. The molecule has 0 radical (unpaired) electrons. The van der Waals surface area contributed by atoms with E-state index in [0.29, 0.717) is 35.8 Å². The van der Waals surface area contributed by atoms with Gasteiger partial charge in [0.25, 0.3) is 10.0 Å². The van der Waals surface area contributed by atoms with Gasteiger partial charge in [-0.25, -0.2) is 8.42 Å². The highest BCUT2D eigenvalue weighted by Gasteiger charge is 2.31. The highest BCUT2D eigenvalue weighted by atomic mass is 32.2. The van der Waals surface area contributed by atoms with Crippen molar-refractivity contribution in [2.75, 3.05) is 45.6 Å². The molecule has 2 aromatic rings. The number of nitrogens with zero attached hydrogens (tertiary/aromatic N) is 2. The van der Waals surface area contributed by atoms with Crippen LogP contribution in [0.15, 0.2) is 47.4 Å². The third-order valence-corrected chi connectivity index (χ3v) is 7.48. The van der Waals surface area contributed by atoms with E-state index in [4.69, 9.17) is 9.47 Å². The maximum Gasteiger partial charge on any atom is 0.261 e. The lowest BCUT2D eigenvalue weighted by molar-refractivity contribution is -0.134. The third-order valence-electron chi connectivity index (χ3n) is 6.08. The van der Waals surface area contributed by atoms with Gasteiger partial charge in [-0.3, -0.25) is 9.52 Å². The summed E-state index contributed by atoms with van der Waals surface area (Å²) in [5.74, 6) is 0.960. The van der Waals surface area contributed by atoms with E-state index >= 15 is 0 Å². The molecule has 3 rings (SSSR count). The molecule has 0 aliphatic carbocycles. The fourth-order valence-corrected chi connectivity index (χ4v) is 5.09. The smallest absolute Gasteiger partial charge is 0.261 e. The van der Waals surface area contributed by atoms with Gasteiger partial charge >= 0.3 is 0 Å². The van der Waals surface area contributed by atoms with Crippen molar-refractivity contribution in [3.05, 3.63) is 48.0 Å². The first kappa shape index (κ1) is 26.8. The fourth-order valence-electron chi connectivity index (χ4n) is 4.04. The zero-order chi connectivity index (χ0) is 25.8. The molecule has 3 atom stereocenters. The third kappa shape index (κ3) is 6.65. The van der Waals surface area contributed by atoms with Crippen LogP contribution in [-0.2, 0) is 21.2 Å². The second kappa shape index (κ2) is 11.3. The van der Waals surface area contributed by atoms with Crippen LogP contribution in [0.1, 0.15) is 19.4 Å². The molecule has 1 heterocycles. The number of rotatable bonds is 8. The van der Waals surface area contributed by atoms with Crippen LogP contribution in [0.25, 0.3) is 0 Å². The van der Waals surface area contributed by atoms with E-state index in [9.17, 15) is 18.3 Å². The number of anilines is 1. The number of aliphatic hydroxyl groups excluding tert-OH is 1. The number of amides is 1. The molecule has 0 fully saturated rings. The Morgan fingerprint density at radius 3 is 2.51 bits per heavy atom. The normalized spacial score (nSPS) is 19.7. The molecular weight excluding hydrogens is 470 g/mol. The number of hydrogen-bond donors (Lipinski definition) is 2. The minimum Gasteiger partial charge on any atom is -0.497 e. The average Bonchev–Trinajstić information content (AvgIpc) is 2.86. The number of ether oxygens (including phenoxy) is 2. The molecule has 1 aliphatic heterocycles. The van der Waals surface area contributed by atoms with E-state index < -0.39 is 10.0 Å². The number of carbonyl (C=O) groups is 1. The topological polar surface area (TPSA) is 108 Å². The second-order valence-electron chi connectivity index (χ2n) is 9.25. The van der Waals surface area contributed by atoms with Crippen LogP contribution in [0.4, 0.5) is 5.69 Å². The van der Waals surface area contributed by atoms with Crippen LogP contribution in [0.2, 0.25) is 0 Å². The maximum atomic E-state index is 13.2. The molecule has 10 heteroatoms. The Bertz CT molecular complexity index is 1120. The van der Waals surface area contributed by atoms with Crippen molar-refractivity contribution in [1.29, 1.82) is 0 Å². The van der Waals surface area contributed by atoms with Crippen LogP contribution in [0.5, 0.6) is 11.5 Å². The molecule has 0 unspecified atom stereocenters. The first-order valence-corrected chi connectivity index (χ1v) is 13.0. The number of likely N-dealkylation sites (N-methyl/N-ethyl adjacent to an activating group) is 1. The van der Waals surface area contributed by atoms with Crippen molar-refractivity contribution in [3.63, 3.8) is 0 Å². The van der Waals surface area contributed by atoms with Crippen molar-refractivity contribution < 1.29 is 27.8 Å². The number of aliphatic hydroxyl groups is 1. The monoisotopic (exact) mass is 505 g/mol. The number of hydrogen-bond acceptors (Lipinski definition) is 7. The van der Waals surface area contributed by atoms with E-state index in [2.05, 4.69) is 4.72 Å². The first-order valence-electron chi connectivity index (χ1n) is 11.6. The van der Waals surface area contributed by atoms with Crippen molar-refractivity contribution in [2.45, 2.75) is 37.3 Å². The zero-order valence-corrected chi connectivity index (χ0v) is 21.7. The Morgan fingerprint density at radius 2 is 1.91 bits per heavy atom. The summed E-state index contributed by atoms with van der Waals surface area (Å²) in [7, 11) is 1.58. The summed E-state index contributed by atoms with van der Waals surface area (Å²) in [6, 6.07) is 10.7. The van der Waals surface area contributed by atoms with Gasteiger partial charge in [-0.15, -0.1) is 0 Å². The van der Waals surface area contributed by atoms with Gasteiger partial charge in [-0.05, 0) is 63.5 Å². The molecular formula is C25H35N3O6S. The Kier molecular flexibility index (Phi) is 8.63.